The van der Waals surface area contributed by atoms with Crippen LogP contribution in [0.25, 0.3) is 21.5 Å². The first-order valence-corrected chi connectivity index (χ1v) is 29.8. The summed E-state index contributed by atoms with van der Waals surface area (Å²) in [5.74, 6) is -3.49. The zero-order valence-corrected chi connectivity index (χ0v) is 50.5. The normalized spacial score (nSPS) is 11.1. The maximum atomic E-state index is 11.9. The van der Waals surface area contributed by atoms with Crippen molar-refractivity contribution in [2.24, 2.45) is 20.5 Å². The molecule has 40 heteroatoms. The molecule has 0 saturated heterocycles. The van der Waals surface area contributed by atoms with E-state index >= 15 is 0 Å². The van der Waals surface area contributed by atoms with Gasteiger partial charge in [0.05, 0.1) is 62.7 Å². The molecule has 0 aliphatic heterocycles. The van der Waals surface area contributed by atoms with Crippen molar-refractivity contribution in [3.8, 4) is 23.0 Å². The van der Waals surface area contributed by atoms with Gasteiger partial charge in [-0.05, 0) is 41.1 Å². The van der Waals surface area contributed by atoms with Gasteiger partial charge in [-0.3, -0.25) is 33.9 Å². The standard InChI is InChI=1S/C17H14N4O13S3.C16H11N3O4.4C4H11NO2.Cr/c22-16-11-4-9(18-7-35(26,27)28)2-1-8(11)3-13(36(29,30)31)15(16)20-19-12-5-10(21(24)25)6-14(17(12)23)37(32,33)34;20-14-8-6-11(19(22)23)9-13(14)17-18-16-12-4-2-1-3-10(12)5-7-15(16)21;4*6-3-1-5-2-4-7;/h1-6,18,22-23H,7H2,(H,26,27,28)(H,29,30,31)(H,32,33,34);1-9,20-21H;4*5-7H,1-4H2;/p+4. The fraction of sp³-hybridized carbons (Fsp3) is 0.347. The number of hydrogen-bond acceptors (Lipinski definition) is 31. The van der Waals surface area contributed by atoms with Crippen molar-refractivity contribution in [3.63, 3.8) is 0 Å². The van der Waals surface area contributed by atoms with Crippen LogP contribution in [0, 0.1) is 20.2 Å². The van der Waals surface area contributed by atoms with Crippen LogP contribution >= 0.6 is 0 Å². The Morgan fingerprint density at radius 1 is 0.438 bits per heavy atom. The number of fused-ring (bicyclic) bond motifs is 2. The Bertz CT molecular complexity index is 3530. The van der Waals surface area contributed by atoms with Crippen LogP contribution in [0.15, 0.2) is 121 Å². The Balaban J connectivity index is -0.000000391. The van der Waals surface area contributed by atoms with Crippen LogP contribution in [0.5, 0.6) is 23.0 Å². The van der Waals surface area contributed by atoms with Crippen LogP contribution in [0.4, 0.5) is 39.8 Å². The number of rotatable bonds is 27. The maximum Gasteiger partial charge on any atom is 1.00 e. The summed E-state index contributed by atoms with van der Waals surface area (Å²) < 4.78 is 96.4. The minimum atomic E-state index is -5.19. The molecule has 0 heterocycles. The van der Waals surface area contributed by atoms with Crippen LogP contribution in [0.1, 0.15) is 5.71 Å². The van der Waals surface area contributed by atoms with Crippen LogP contribution in [-0.4, -0.2) is 221 Å². The van der Waals surface area contributed by atoms with E-state index < -0.39 is 84.4 Å². The second kappa shape index (κ2) is 43.3. The second-order valence-corrected chi connectivity index (χ2v) is 20.9. The van der Waals surface area contributed by atoms with Crippen LogP contribution in [-0.2, 0) is 47.7 Å². The average molecular weight is 1360 g/mol. The van der Waals surface area contributed by atoms with Crippen molar-refractivity contribution in [1.29, 1.82) is 0 Å². The van der Waals surface area contributed by atoms with Crippen molar-refractivity contribution in [1.82, 2.24) is 21.3 Å². The molecule has 0 fully saturated rings. The number of phenolic OH excluding ortho intramolecular Hbond substituents is 4. The van der Waals surface area contributed by atoms with E-state index in [9.17, 15) is 75.0 Å². The van der Waals surface area contributed by atoms with Crippen LogP contribution in [0.3, 0.4) is 0 Å². The Hall–Kier alpha value is -7.38. The third-order valence-electron chi connectivity index (χ3n) is 10.2. The number of non-ortho nitro benzene ring substituents is 2. The Morgan fingerprint density at radius 2 is 0.865 bits per heavy atom. The number of nitrogens with one attached hydrogen (secondary N) is 5. The molecule has 20 N–H and O–H groups in total. The van der Waals surface area contributed by atoms with Gasteiger partial charge in [0.25, 0.3) is 41.7 Å². The summed E-state index contributed by atoms with van der Waals surface area (Å²) in [5.41, 5.74) is -2.87. The number of nitro benzene ring substituents is 2. The number of anilines is 1. The number of aliphatic hydroxyl groups excluding tert-OH is 8. The average Bonchev–Trinajstić information content (AvgIpc) is 0.801. The molecule has 0 aliphatic rings. The van der Waals surface area contributed by atoms with E-state index in [1.165, 1.54) is 30.3 Å². The summed E-state index contributed by atoms with van der Waals surface area (Å²) in [7, 11) is -14.7. The third-order valence-corrected chi connectivity index (χ3v) is 12.4. The van der Waals surface area contributed by atoms with Crippen molar-refractivity contribution >= 4 is 91.7 Å². The molecular formula is C49H73CrN11O25S3+4. The van der Waals surface area contributed by atoms with Crippen molar-refractivity contribution < 1.29 is 133 Å². The van der Waals surface area contributed by atoms with E-state index in [0.29, 0.717) is 69.9 Å². The molecule has 494 valence electrons. The molecular weight excluding hydrogens is 1290 g/mol. The number of aromatic hydroxyl groups is 4. The second-order valence-electron chi connectivity index (χ2n) is 16.7. The molecule has 36 nitrogen and oxygen atoms in total. The summed E-state index contributed by atoms with van der Waals surface area (Å²) in [6.45, 7) is 5.67. The van der Waals surface area contributed by atoms with Crippen molar-refractivity contribution in [2.45, 2.75) is 9.79 Å². The monoisotopic (exact) mass is 1360 g/mol. The fourth-order valence-electron chi connectivity index (χ4n) is 6.27. The summed E-state index contributed by atoms with van der Waals surface area (Å²) in [6.07, 6.45) is 0. The fourth-order valence-corrected chi connectivity index (χ4v) is 7.90. The van der Waals surface area contributed by atoms with E-state index in [1.54, 1.807) is 18.2 Å². The number of nitro groups is 2. The molecule has 0 amide bonds. The summed E-state index contributed by atoms with van der Waals surface area (Å²) in [6, 6.07) is 19.2. The SMILES string of the molecule is O=[N+]([O-])c1cc(N=Nc2c(S(=O)(=O)O)cc3ccc(NCS(=O)(=O)O)cc3c2O)c(O)c(S(=O)(=O)O)c1.O=[N+]([O-])c1ccc(O)c(N=Nc2c(O)ccc3ccccc23)c1.OCCNCCO.OCCNCCO.OCCNCCO.OCCNCCO.[Cr].[H+].[H+].[H+].[H+]. The van der Waals surface area contributed by atoms with Gasteiger partial charge in [0.15, 0.2) is 11.5 Å². The van der Waals surface area contributed by atoms with Gasteiger partial charge in [-0.25, -0.2) is 0 Å². The Morgan fingerprint density at radius 3 is 1.31 bits per heavy atom. The topological polar surface area (TPSA) is 602 Å². The molecule has 0 bridgehead atoms. The molecule has 89 heavy (non-hydrogen) atoms. The molecule has 0 atom stereocenters. The molecule has 0 aromatic heterocycles. The van der Waals surface area contributed by atoms with E-state index in [2.05, 4.69) is 47.0 Å². The van der Waals surface area contributed by atoms with E-state index in [4.69, 9.17) is 45.4 Å². The van der Waals surface area contributed by atoms with Crippen molar-refractivity contribution in [2.75, 3.05) is 116 Å². The zero-order chi connectivity index (χ0) is 66.5. The number of aliphatic hydroxyl groups is 8. The Labute approximate surface area is 524 Å². The van der Waals surface area contributed by atoms with E-state index in [0.717, 1.165) is 23.6 Å². The number of benzene rings is 6. The quantitative estimate of drug-likeness (QED) is 0.0114. The molecule has 6 rings (SSSR count). The Kier molecular flexibility index (Phi) is 39.7. The molecule has 0 radical (unpaired) electrons. The minimum Gasteiger partial charge on any atom is -0.506 e. The van der Waals surface area contributed by atoms with Gasteiger partial charge in [-0.15, -0.1) is 20.5 Å². The summed E-state index contributed by atoms with van der Waals surface area (Å²) in [5, 5.41) is 157. The van der Waals surface area contributed by atoms with Gasteiger partial charge in [-0.2, -0.15) is 25.3 Å². The molecule has 0 unspecified atom stereocenters. The molecule has 0 saturated carbocycles. The number of hydrogen-bond donors (Lipinski definition) is 20. The molecule has 0 spiro atoms. The van der Waals surface area contributed by atoms with Gasteiger partial charge in [0, 0.05) is 110 Å². The van der Waals surface area contributed by atoms with Gasteiger partial charge >= 0.3 is 5.71 Å². The number of phenols is 4. The number of azo groups is 2. The molecule has 0 aliphatic carbocycles. The van der Waals surface area contributed by atoms with Gasteiger partial charge in [-0.1, -0.05) is 36.4 Å². The summed E-state index contributed by atoms with van der Waals surface area (Å²) >= 11 is 0. The smallest absolute Gasteiger partial charge is 0.506 e. The largest absolute Gasteiger partial charge is 1.00 e. The first-order chi connectivity index (χ1) is 41.6. The van der Waals surface area contributed by atoms with E-state index in [-0.39, 0.29) is 121 Å². The first-order valence-electron chi connectivity index (χ1n) is 25.3. The van der Waals surface area contributed by atoms with Gasteiger partial charge in [0.2, 0.25) is 0 Å². The predicted octanol–water partition coefficient (Wildman–Crippen LogP) is 1.59. The zero-order valence-electron chi connectivity index (χ0n) is 50.8. The van der Waals surface area contributed by atoms with Gasteiger partial charge < -0.3 is 87.9 Å². The third kappa shape index (κ3) is 31.1. The van der Waals surface area contributed by atoms with Crippen molar-refractivity contribution in [3.05, 3.63) is 111 Å². The van der Waals surface area contributed by atoms with Crippen LogP contribution in [0.2, 0.25) is 0 Å². The predicted molar refractivity (Wildman–Crippen MR) is 321 cm³/mol. The summed E-state index contributed by atoms with van der Waals surface area (Å²) in [4.78, 5) is 17.9. The molecule has 6 aromatic carbocycles. The first kappa shape index (κ1) is 81.6. The van der Waals surface area contributed by atoms with Crippen LogP contribution < -0.4 is 26.6 Å². The van der Waals surface area contributed by atoms with Gasteiger partial charge in [0.1, 0.15) is 49.9 Å². The minimum absolute atomic E-state index is 0. The molecule has 6 aromatic rings. The maximum absolute atomic E-state index is 11.9. The number of nitrogens with zero attached hydrogens (tertiary/aromatic N) is 6. The van der Waals surface area contributed by atoms with E-state index in [1.807, 2.05) is 12.1 Å².